The number of ether oxygens (including phenoxy) is 2. The summed E-state index contributed by atoms with van der Waals surface area (Å²) in [6, 6.07) is 0. The third kappa shape index (κ3) is 2.71. The van der Waals surface area contributed by atoms with Crippen molar-refractivity contribution < 1.29 is 9.47 Å². The highest BCUT2D eigenvalue weighted by molar-refractivity contribution is 9.09. The molecule has 0 aromatic carbocycles. The quantitative estimate of drug-likeness (QED) is 0.690. The van der Waals surface area contributed by atoms with Gasteiger partial charge in [0.25, 0.3) is 0 Å². The van der Waals surface area contributed by atoms with Crippen molar-refractivity contribution in [2.24, 2.45) is 11.8 Å². The predicted molar refractivity (Wildman–Crippen MR) is 71.5 cm³/mol. The van der Waals surface area contributed by atoms with Crippen LogP contribution in [0.4, 0.5) is 0 Å². The highest BCUT2D eigenvalue weighted by Gasteiger charge is 2.42. The van der Waals surface area contributed by atoms with Crippen LogP contribution in [0.15, 0.2) is 0 Å². The zero-order valence-electron chi connectivity index (χ0n) is 10.5. The normalized spacial score (nSPS) is 41.8. The molecular weight excluding hydrogens is 280 g/mol. The molecule has 0 N–H and O–H groups in total. The van der Waals surface area contributed by atoms with E-state index in [4.69, 9.17) is 9.47 Å². The average molecular weight is 303 g/mol. The predicted octanol–water partition coefficient (Wildman–Crippen LogP) is 3.53. The van der Waals surface area contributed by atoms with Gasteiger partial charge in [0.2, 0.25) is 0 Å². The van der Waals surface area contributed by atoms with Crippen molar-refractivity contribution in [3.05, 3.63) is 0 Å². The van der Waals surface area contributed by atoms with E-state index in [0.717, 1.165) is 49.3 Å². The van der Waals surface area contributed by atoms with E-state index in [1.807, 2.05) is 0 Å². The van der Waals surface area contributed by atoms with Gasteiger partial charge in [0, 0.05) is 24.6 Å². The number of halogens is 1. The molecule has 1 saturated carbocycles. The Kier molecular flexibility index (Phi) is 3.79. The molecule has 3 heteroatoms. The minimum atomic E-state index is 0.186. The van der Waals surface area contributed by atoms with Gasteiger partial charge in [0.15, 0.2) is 0 Å². The summed E-state index contributed by atoms with van der Waals surface area (Å²) < 4.78 is 11.6. The summed E-state index contributed by atoms with van der Waals surface area (Å²) in [7, 11) is 0. The first kappa shape index (κ1) is 12.4. The van der Waals surface area contributed by atoms with Gasteiger partial charge < -0.3 is 9.47 Å². The van der Waals surface area contributed by atoms with Gasteiger partial charge in [-0.3, -0.25) is 0 Å². The second kappa shape index (κ2) is 5.18. The van der Waals surface area contributed by atoms with E-state index in [-0.39, 0.29) is 5.60 Å². The van der Waals surface area contributed by atoms with Crippen molar-refractivity contribution in [2.45, 2.75) is 55.4 Å². The molecule has 0 bridgehead atoms. The van der Waals surface area contributed by atoms with Crippen molar-refractivity contribution in [2.75, 3.05) is 19.8 Å². The summed E-state index contributed by atoms with van der Waals surface area (Å²) in [4.78, 5) is 0.779. The molecule has 3 atom stereocenters. The molecule has 0 aromatic heterocycles. The standard InChI is InChI=1S/C14H23BrO2/c15-13-2-1-11(9-13)12-3-6-17-14(10-12)4-7-16-8-5-14/h11-13H,1-10H2. The molecule has 3 rings (SSSR count). The van der Waals surface area contributed by atoms with Gasteiger partial charge in [0.1, 0.15) is 0 Å². The van der Waals surface area contributed by atoms with Crippen LogP contribution in [0.1, 0.15) is 44.9 Å². The maximum Gasteiger partial charge on any atom is 0.0729 e. The number of alkyl halides is 1. The molecule has 1 aliphatic carbocycles. The molecular formula is C14H23BrO2. The van der Waals surface area contributed by atoms with Crippen molar-refractivity contribution >= 4 is 15.9 Å². The van der Waals surface area contributed by atoms with Gasteiger partial charge >= 0.3 is 0 Å². The highest BCUT2D eigenvalue weighted by atomic mass is 79.9. The third-order valence-corrected chi connectivity index (χ3v) is 5.84. The van der Waals surface area contributed by atoms with Gasteiger partial charge in [-0.15, -0.1) is 0 Å². The van der Waals surface area contributed by atoms with Gasteiger partial charge in [-0.2, -0.15) is 0 Å². The highest BCUT2D eigenvalue weighted by Crippen LogP contribution is 2.45. The summed E-state index contributed by atoms with van der Waals surface area (Å²) in [5, 5.41) is 0. The molecule has 2 heterocycles. The van der Waals surface area contributed by atoms with Gasteiger partial charge in [-0.1, -0.05) is 15.9 Å². The van der Waals surface area contributed by atoms with Crippen LogP contribution in [0.2, 0.25) is 0 Å². The number of rotatable bonds is 1. The number of hydrogen-bond acceptors (Lipinski definition) is 2. The lowest BCUT2D eigenvalue weighted by Crippen LogP contribution is -2.45. The van der Waals surface area contributed by atoms with Crippen LogP contribution < -0.4 is 0 Å². The maximum atomic E-state index is 6.13. The van der Waals surface area contributed by atoms with Crippen molar-refractivity contribution in [3.8, 4) is 0 Å². The summed E-state index contributed by atoms with van der Waals surface area (Å²) >= 11 is 3.78. The monoisotopic (exact) mass is 302 g/mol. The fourth-order valence-corrected chi connectivity index (χ4v) is 4.69. The molecule has 3 fully saturated rings. The van der Waals surface area contributed by atoms with E-state index in [9.17, 15) is 0 Å². The molecule has 3 unspecified atom stereocenters. The molecule has 98 valence electrons. The van der Waals surface area contributed by atoms with Crippen LogP contribution in [0.3, 0.4) is 0 Å². The Bertz CT molecular complexity index is 257. The molecule has 0 aromatic rings. The minimum absolute atomic E-state index is 0.186. The lowest BCUT2D eigenvalue weighted by Gasteiger charge is -2.45. The lowest BCUT2D eigenvalue weighted by molar-refractivity contribution is -0.152. The Hall–Kier alpha value is 0.400. The van der Waals surface area contributed by atoms with Crippen LogP contribution in [-0.4, -0.2) is 30.2 Å². The topological polar surface area (TPSA) is 18.5 Å². The minimum Gasteiger partial charge on any atom is -0.381 e. The first-order chi connectivity index (χ1) is 8.27. The van der Waals surface area contributed by atoms with E-state index in [1.165, 1.54) is 32.1 Å². The summed E-state index contributed by atoms with van der Waals surface area (Å²) in [6.07, 6.45) is 9.00. The van der Waals surface area contributed by atoms with E-state index < -0.39 is 0 Å². The molecule has 2 aliphatic heterocycles. The molecule has 1 spiro atoms. The van der Waals surface area contributed by atoms with E-state index in [0.29, 0.717) is 0 Å². The van der Waals surface area contributed by atoms with Gasteiger partial charge in [-0.25, -0.2) is 0 Å². The molecule has 2 nitrogen and oxygen atoms in total. The van der Waals surface area contributed by atoms with Gasteiger partial charge in [0.05, 0.1) is 5.60 Å². The Morgan fingerprint density at radius 1 is 0.941 bits per heavy atom. The number of hydrogen-bond donors (Lipinski definition) is 0. The Morgan fingerprint density at radius 2 is 1.76 bits per heavy atom. The Balaban J connectivity index is 1.62. The van der Waals surface area contributed by atoms with Gasteiger partial charge in [-0.05, 0) is 56.8 Å². The smallest absolute Gasteiger partial charge is 0.0729 e. The second-order valence-corrected chi connectivity index (χ2v) is 7.36. The first-order valence-corrected chi connectivity index (χ1v) is 8.05. The lowest BCUT2D eigenvalue weighted by atomic mass is 9.75. The summed E-state index contributed by atoms with van der Waals surface area (Å²) in [5.74, 6) is 1.85. The van der Waals surface area contributed by atoms with E-state index in [2.05, 4.69) is 15.9 Å². The SMILES string of the molecule is BrC1CCC(C2CCOC3(CCOCC3)C2)C1. The third-order valence-electron chi connectivity index (χ3n) is 5.01. The Labute approximate surface area is 113 Å². The molecule has 2 saturated heterocycles. The first-order valence-electron chi connectivity index (χ1n) is 7.13. The van der Waals surface area contributed by atoms with Crippen molar-refractivity contribution in [1.82, 2.24) is 0 Å². The molecule has 0 radical (unpaired) electrons. The molecule has 17 heavy (non-hydrogen) atoms. The Morgan fingerprint density at radius 3 is 2.47 bits per heavy atom. The fraction of sp³-hybridized carbons (Fsp3) is 1.00. The van der Waals surface area contributed by atoms with Crippen LogP contribution in [0, 0.1) is 11.8 Å². The van der Waals surface area contributed by atoms with Crippen LogP contribution >= 0.6 is 15.9 Å². The zero-order valence-corrected chi connectivity index (χ0v) is 12.1. The van der Waals surface area contributed by atoms with Crippen LogP contribution in [0.25, 0.3) is 0 Å². The van der Waals surface area contributed by atoms with Crippen molar-refractivity contribution in [1.29, 1.82) is 0 Å². The van der Waals surface area contributed by atoms with Crippen LogP contribution in [-0.2, 0) is 9.47 Å². The average Bonchev–Trinajstić information content (AvgIpc) is 2.77. The second-order valence-electron chi connectivity index (χ2n) is 6.07. The maximum absolute atomic E-state index is 6.13. The largest absolute Gasteiger partial charge is 0.381 e. The van der Waals surface area contributed by atoms with Crippen LogP contribution in [0.5, 0.6) is 0 Å². The van der Waals surface area contributed by atoms with E-state index in [1.54, 1.807) is 0 Å². The fourth-order valence-electron chi connectivity index (χ4n) is 3.95. The van der Waals surface area contributed by atoms with E-state index >= 15 is 0 Å². The summed E-state index contributed by atoms with van der Waals surface area (Å²) in [5.41, 5.74) is 0.186. The molecule has 3 aliphatic rings. The molecule has 0 amide bonds. The summed E-state index contributed by atoms with van der Waals surface area (Å²) in [6.45, 7) is 2.78. The zero-order chi connectivity index (χ0) is 11.7. The van der Waals surface area contributed by atoms with Crippen molar-refractivity contribution in [3.63, 3.8) is 0 Å².